The van der Waals surface area contributed by atoms with Crippen LogP contribution >= 0.6 is 11.6 Å². The van der Waals surface area contributed by atoms with E-state index < -0.39 is 42.0 Å². The maximum Gasteiger partial charge on any atom is 0.425 e. The van der Waals surface area contributed by atoms with Gasteiger partial charge in [-0.3, -0.25) is 4.79 Å². The number of benzene rings is 1. The molecule has 2 atom stereocenters. The summed E-state index contributed by atoms with van der Waals surface area (Å²) in [7, 11) is 0. The van der Waals surface area contributed by atoms with Crippen molar-refractivity contribution < 1.29 is 27.1 Å². The molecule has 0 bridgehead atoms. The molecule has 0 saturated heterocycles. The summed E-state index contributed by atoms with van der Waals surface area (Å²) < 4.78 is 58.7. The number of hydrogen-bond acceptors (Lipinski definition) is 5. The van der Waals surface area contributed by atoms with Crippen molar-refractivity contribution in [2.24, 2.45) is 10.7 Å². The molecule has 3 N–H and O–H groups in total. The fraction of sp³-hybridized carbons (Fsp3) is 0.316. The van der Waals surface area contributed by atoms with Gasteiger partial charge in [-0.15, -0.1) is 0 Å². The summed E-state index contributed by atoms with van der Waals surface area (Å²) in [6.45, 7) is 2.96. The van der Waals surface area contributed by atoms with E-state index in [1.807, 2.05) is 0 Å². The standard InChI is InChI=1S/C19H17ClF4N4O2/c1-9-5-10(20)8-26-15(9)16(29)27-11-3-4-13(21)12(6-11)18(2)7-14(19(22,23)24)30-17(25)28-18/h3-6,8,14H,7H2,1-2H3,(H2,25,28)(H,27,29)/t14-,18-/m1/s1. The van der Waals surface area contributed by atoms with Gasteiger partial charge in [-0.1, -0.05) is 11.6 Å². The number of aryl methyl sites for hydroxylation is 1. The second-order valence-corrected chi connectivity index (χ2v) is 7.48. The molecule has 3 rings (SSSR count). The lowest BCUT2D eigenvalue weighted by atomic mass is 9.85. The number of nitrogens with zero attached hydrogens (tertiary/aromatic N) is 2. The minimum Gasteiger partial charge on any atom is -0.452 e. The number of ether oxygens (including phenoxy) is 1. The molecule has 2 aromatic rings. The highest BCUT2D eigenvalue weighted by atomic mass is 35.5. The van der Waals surface area contributed by atoms with Crippen LogP contribution in [-0.2, 0) is 10.3 Å². The predicted octanol–water partition coefficient (Wildman–Crippen LogP) is 4.32. The van der Waals surface area contributed by atoms with E-state index in [0.717, 1.165) is 6.07 Å². The van der Waals surface area contributed by atoms with Gasteiger partial charge in [0.05, 0.1) is 10.6 Å². The molecule has 0 saturated carbocycles. The molecule has 0 spiro atoms. The molecule has 160 valence electrons. The van der Waals surface area contributed by atoms with Crippen molar-refractivity contribution in [3.8, 4) is 0 Å². The maximum absolute atomic E-state index is 14.5. The third-order valence-electron chi connectivity index (χ3n) is 4.63. The van der Waals surface area contributed by atoms with E-state index in [1.165, 1.54) is 25.3 Å². The van der Waals surface area contributed by atoms with Crippen LogP contribution in [0.15, 0.2) is 35.5 Å². The van der Waals surface area contributed by atoms with Crippen molar-refractivity contribution in [1.82, 2.24) is 4.98 Å². The number of anilines is 1. The van der Waals surface area contributed by atoms with Gasteiger partial charge in [-0.25, -0.2) is 14.4 Å². The van der Waals surface area contributed by atoms with Crippen LogP contribution in [-0.4, -0.2) is 29.2 Å². The molecule has 0 radical (unpaired) electrons. The lowest BCUT2D eigenvalue weighted by Crippen LogP contribution is -2.46. The summed E-state index contributed by atoms with van der Waals surface area (Å²) in [6, 6.07) is 4.38. The number of nitrogens with two attached hydrogens (primary N) is 1. The second kappa shape index (κ2) is 7.75. The van der Waals surface area contributed by atoms with Crippen LogP contribution in [0.25, 0.3) is 0 Å². The minimum absolute atomic E-state index is 0.0990. The van der Waals surface area contributed by atoms with E-state index in [-0.39, 0.29) is 16.9 Å². The Labute approximate surface area is 174 Å². The lowest BCUT2D eigenvalue weighted by Gasteiger charge is -2.36. The van der Waals surface area contributed by atoms with E-state index in [2.05, 4.69) is 20.0 Å². The van der Waals surface area contributed by atoms with Gasteiger partial charge in [0.2, 0.25) is 0 Å². The quantitative estimate of drug-likeness (QED) is 0.690. The van der Waals surface area contributed by atoms with Crippen molar-refractivity contribution in [1.29, 1.82) is 0 Å². The first-order chi connectivity index (χ1) is 13.9. The van der Waals surface area contributed by atoms with Gasteiger partial charge >= 0.3 is 6.18 Å². The number of alkyl halides is 3. The molecule has 0 fully saturated rings. The Morgan fingerprint density at radius 2 is 2.07 bits per heavy atom. The maximum atomic E-state index is 14.5. The van der Waals surface area contributed by atoms with Crippen LogP contribution in [0.1, 0.15) is 35.0 Å². The van der Waals surface area contributed by atoms with Crippen molar-refractivity contribution >= 4 is 29.2 Å². The van der Waals surface area contributed by atoms with Crippen LogP contribution in [0.2, 0.25) is 5.02 Å². The summed E-state index contributed by atoms with van der Waals surface area (Å²) in [4.78, 5) is 20.4. The molecule has 1 amide bonds. The van der Waals surface area contributed by atoms with Crippen molar-refractivity contribution in [3.05, 3.63) is 58.1 Å². The van der Waals surface area contributed by atoms with Crippen LogP contribution in [0, 0.1) is 12.7 Å². The summed E-state index contributed by atoms with van der Waals surface area (Å²) in [5, 5.41) is 2.91. The number of amides is 1. The van der Waals surface area contributed by atoms with E-state index in [4.69, 9.17) is 17.3 Å². The third-order valence-corrected chi connectivity index (χ3v) is 4.84. The number of pyridine rings is 1. The Hall–Kier alpha value is -2.88. The molecule has 0 aliphatic carbocycles. The second-order valence-electron chi connectivity index (χ2n) is 7.04. The van der Waals surface area contributed by atoms with Crippen LogP contribution in [0.3, 0.4) is 0 Å². The molecule has 1 aliphatic heterocycles. The van der Waals surface area contributed by atoms with E-state index in [9.17, 15) is 22.4 Å². The predicted molar refractivity (Wildman–Crippen MR) is 103 cm³/mol. The van der Waals surface area contributed by atoms with E-state index in [1.54, 1.807) is 13.0 Å². The third kappa shape index (κ3) is 4.48. The zero-order chi connectivity index (χ0) is 22.3. The molecule has 11 heteroatoms. The number of nitrogens with one attached hydrogen (secondary N) is 1. The fourth-order valence-electron chi connectivity index (χ4n) is 3.20. The first-order valence-corrected chi connectivity index (χ1v) is 9.09. The SMILES string of the molecule is Cc1cc(Cl)cnc1C(=O)Nc1ccc(F)c([C@@]2(C)C[C@H](C(F)(F)F)OC(N)=N2)c1. The first-order valence-electron chi connectivity index (χ1n) is 8.71. The van der Waals surface area contributed by atoms with Crippen LogP contribution in [0.4, 0.5) is 23.2 Å². The molecule has 0 unspecified atom stereocenters. The van der Waals surface area contributed by atoms with Crippen molar-refractivity contribution in [2.75, 3.05) is 5.32 Å². The molecule has 2 heterocycles. The molecular weight excluding hydrogens is 428 g/mol. The monoisotopic (exact) mass is 444 g/mol. The summed E-state index contributed by atoms with van der Waals surface area (Å²) in [5.74, 6) is -1.38. The molecule has 6 nitrogen and oxygen atoms in total. The van der Waals surface area contributed by atoms with Gasteiger partial charge in [0, 0.05) is 23.9 Å². The topological polar surface area (TPSA) is 89.6 Å². The Kier molecular flexibility index (Phi) is 5.64. The molecule has 1 aromatic carbocycles. The number of carbonyl (C=O) groups is 1. The highest BCUT2D eigenvalue weighted by Gasteiger charge is 2.50. The average molecular weight is 445 g/mol. The number of rotatable bonds is 3. The molecule has 1 aliphatic rings. The van der Waals surface area contributed by atoms with Gasteiger partial charge < -0.3 is 15.8 Å². The minimum atomic E-state index is -4.71. The van der Waals surface area contributed by atoms with Gasteiger partial charge in [0.1, 0.15) is 11.5 Å². The number of aliphatic imine (C=N–C) groups is 1. The van der Waals surface area contributed by atoms with Gasteiger partial charge in [0.25, 0.3) is 11.9 Å². The van der Waals surface area contributed by atoms with Crippen molar-refractivity contribution in [2.45, 2.75) is 38.1 Å². The number of hydrogen-bond donors (Lipinski definition) is 2. The van der Waals surface area contributed by atoms with Gasteiger partial charge in [-0.05, 0) is 43.7 Å². The zero-order valence-corrected chi connectivity index (χ0v) is 16.6. The normalized spacial score (nSPS) is 21.6. The molecule has 30 heavy (non-hydrogen) atoms. The number of amidine groups is 1. The number of aromatic nitrogens is 1. The smallest absolute Gasteiger partial charge is 0.425 e. The Morgan fingerprint density at radius 1 is 1.37 bits per heavy atom. The Balaban J connectivity index is 1.93. The highest BCUT2D eigenvalue weighted by molar-refractivity contribution is 6.30. The zero-order valence-electron chi connectivity index (χ0n) is 15.8. The van der Waals surface area contributed by atoms with E-state index in [0.29, 0.717) is 10.6 Å². The Morgan fingerprint density at radius 3 is 2.70 bits per heavy atom. The highest BCUT2D eigenvalue weighted by Crippen LogP contribution is 2.41. The largest absolute Gasteiger partial charge is 0.452 e. The summed E-state index contributed by atoms with van der Waals surface area (Å²) in [5.41, 5.74) is 4.38. The lowest BCUT2D eigenvalue weighted by molar-refractivity contribution is -0.208. The number of carbonyl (C=O) groups excluding carboxylic acids is 1. The fourth-order valence-corrected chi connectivity index (χ4v) is 3.41. The van der Waals surface area contributed by atoms with Crippen LogP contribution < -0.4 is 11.1 Å². The van der Waals surface area contributed by atoms with Gasteiger partial charge in [-0.2, -0.15) is 13.2 Å². The van der Waals surface area contributed by atoms with Crippen LogP contribution in [0.5, 0.6) is 0 Å². The average Bonchev–Trinajstić information content (AvgIpc) is 2.61. The van der Waals surface area contributed by atoms with Crippen molar-refractivity contribution in [3.63, 3.8) is 0 Å². The summed E-state index contributed by atoms with van der Waals surface area (Å²) >= 11 is 5.83. The Bertz CT molecular complexity index is 1030. The van der Waals surface area contributed by atoms with E-state index >= 15 is 0 Å². The van der Waals surface area contributed by atoms with Gasteiger partial charge in [0.15, 0.2) is 6.10 Å². The molecular formula is C19H17ClF4N4O2. The first kappa shape index (κ1) is 21.8. The summed E-state index contributed by atoms with van der Waals surface area (Å²) in [6.07, 6.45) is -6.32. The molecule has 1 aromatic heterocycles. The number of halogens is 5.